The van der Waals surface area contributed by atoms with Crippen LogP contribution < -0.4 is 5.32 Å². The third-order valence-corrected chi connectivity index (χ3v) is 7.06. The predicted molar refractivity (Wildman–Crippen MR) is 123 cm³/mol. The van der Waals surface area contributed by atoms with E-state index in [1.165, 1.54) is 0 Å². The summed E-state index contributed by atoms with van der Waals surface area (Å²) < 4.78 is 8.26. The molecule has 2 aromatic heterocycles. The molecule has 0 bridgehead atoms. The zero-order valence-electron chi connectivity index (χ0n) is 16.7. The summed E-state index contributed by atoms with van der Waals surface area (Å²) in [5.74, 6) is 0.949. The molecule has 2 fully saturated rings. The van der Waals surface area contributed by atoms with Crippen molar-refractivity contribution in [2.75, 3.05) is 31.6 Å². The zero-order valence-corrected chi connectivity index (χ0v) is 19.1. The number of hydrogen-bond acceptors (Lipinski definition) is 5. The highest BCUT2D eigenvalue weighted by molar-refractivity contribution is 9.10. The zero-order chi connectivity index (χ0) is 20.5. The van der Waals surface area contributed by atoms with Gasteiger partial charge in [-0.05, 0) is 47.7 Å². The first kappa shape index (κ1) is 20.2. The number of halogens is 2. The lowest BCUT2D eigenvalue weighted by Crippen LogP contribution is -2.46. The van der Waals surface area contributed by atoms with Gasteiger partial charge in [0.05, 0.1) is 16.4 Å². The number of nitrogens with one attached hydrogen (secondary N) is 1. The molecule has 1 aromatic carbocycles. The average molecular weight is 491 g/mol. The second-order valence-electron chi connectivity index (χ2n) is 8.03. The molecule has 0 radical (unpaired) electrons. The molecule has 3 aromatic rings. The molecule has 0 aliphatic carbocycles. The molecule has 1 N–H and O–H groups in total. The molecule has 158 valence electrons. The molecule has 2 aliphatic rings. The van der Waals surface area contributed by atoms with Crippen LogP contribution in [0.4, 0.5) is 5.82 Å². The highest BCUT2D eigenvalue weighted by atomic mass is 79.9. The molecule has 2 saturated heterocycles. The van der Waals surface area contributed by atoms with Crippen molar-refractivity contribution >= 4 is 39.0 Å². The molecule has 0 atom stereocenters. The van der Waals surface area contributed by atoms with Gasteiger partial charge in [-0.3, -0.25) is 0 Å². The van der Waals surface area contributed by atoms with Crippen molar-refractivity contribution in [3.8, 4) is 11.3 Å². The van der Waals surface area contributed by atoms with E-state index < -0.39 is 0 Å². The van der Waals surface area contributed by atoms with Gasteiger partial charge in [0.1, 0.15) is 5.82 Å². The first-order valence-electron chi connectivity index (χ1n) is 10.6. The van der Waals surface area contributed by atoms with Crippen molar-refractivity contribution < 1.29 is 4.74 Å². The van der Waals surface area contributed by atoms with E-state index in [1.54, 1.807) is 6.20 Å². The van der Waals surface area contributed by atoms with E-state index in [0.29, 0.717) is 17.1 Å². The summed E-state index contributed by atoms with van der Waals surface area (Å²) in [7, 11) is 0. The van der Waals surface area contributed by atoms with Gasteiger partial charge in [-0.15, -0.1) is 0 Å². The van der Waals surface area contributed by atoms with E-state index >= 15 is 0 Å². The molecule has 2 aliphatic heterocycles. The Bertz CT molecular complexity index is 1030. The number of aromatic nitrogens is 3. The highest BCUT2D eigenvalue weighted by Crippen LogP contribution is 2.31. The van der Waals surface area contributed by atoms with Crippen LogP contribution in [0.5, 0.6) is 0 Å². The Morgan fingerprint density at radius 3 is 2.63 bits per heavy atom. The molecule has 8 heteroatoms. The van der Waals surface area contributed by atoms with Crippen LogP contribution in [0.2, 0.25) is 5.02 Å². The van der Waals surface area contributed by atoms with Gasteiger partial charge in [0.25, 0.3) is 0 Å². The van der Waals surface area contributed by atoms with E-state index in [1.807, 2.05) is 28.8 Å². The van der Waals surface area contributed by atoms with Crippen molar-refractivity contribution in [2.24, 2.45) is 0 Å². The fraction of sp³-hybridized carbons (Fsp3) is 0.455. The molecule has 0 saturated carbocycles. The van der Waals surface area contributed by atoms with Gasteiger partial charge >= 0.3 is 0 Å². The number of nitrogens with zero attached hydrogens (tertiary/aromatic N) is 4. The van der Waals surface area contributed by atoms with Crippen LogP contribution in [0.15, 0.2) is 41.0 Å². The minimum atomic E-state index is 0.411. The molecule has 0 unspecified atom stereocenters. The fourth-order valence-corrected chi connectivity index (χ4v) is 5.09. The molecule has 5 rings (SSSR count). The standard InChI is InChI=1S/C22H25BrClN5O/c23-18-14-25-29-21(13-20(27-22(18)29)17-3-1-2-4-19(17)24)26-15-5-9-28(10-6-15)16-7-11-30-12-8-16/h1-4,13-16,26H,5-12H2. The lowest BCUT2D eigenvalue weighted by molar-refractivity contribution is 0.0262. The van der Waals surface area contributed by atoms with Crippen molar-refractivity contribution in [2.45, 2.75) is 37.8 Å². The molecule has 0 amide bonds. The normalized spacial score (nSPS) is 19.4. The second-order valence-corrected chi connectivity index (χ2v) is 9.29. The van der Waals surface area contributed by atoms with Crippen molar-refractivity contribution in [3.05, 3.63) is 46.0 Å². The van der Waals surface area contributed by atoms with Crippen LogP contribution in [-0.2, 0) is 4.74 Å². The van der Waals surface area contributed by atoms with Crippen LogP contribution in [0.1, 0.15) is 25.7 Å². The maximum atomic E-state index is 6.45. The number of piperidine rings is 1. The number of fused-ring (bicyclic) bond motifs is 1. The Labute approximate surface area is 189 Å². The van der Waals surface area contributed by atoms with Gasteiger partial charge in [0.2, 0.25) is 0 Å². The third-order valence-electron chi connectivity index (χ3n) is 6.17. The summed E-state index contributed by atoms with van der Waals surface area (Å²) in [6, 6.07) is 11.0. The highest BCUT2D eigenvalue weighted by Gasteiger charge is 2.27. The van der Waals surface area contributed by atoms with Gasteiger partial charge < -0.3 is 15.0 Å². The van der Waals surface area contributed by atoms with E-state index in [0.717, 1.165) is 79.2 Å². The second kappa shape index (κ2) is 8.83. The van der Waals surface area contributed by atoms with Crippen LogP contribution in [0, 0.1) is 0 Å². The van der Waals surface area contributed by atoms with Crippen LogP contribution in [0.3, 0.4) is 0 Å². The number of anilines is 1. The van der Waals surface area contributed by atoms with Gasteiger partial charge in [-0.25, -0.2) is 4.98 Å². The van der Waals surface area contributed by atoms with Gasteiger partial charge in [-0.1, -0.05) is 29.8 Å². The molecule has 4 heterocycles. The monoisotopic (exact) mass is 489 g/mol. The smallest absolute Gasteiger partial charge is 0.172 e. The quantitative estimate of drug-likeness (QED) is 0.566. The maximum Gasteiger partial charge on any atom is 0.172 e. The van der Waals surface area contributed by atoms with Crippen LogP contribution >= 0.6 is 27.5 Å². The Balaban J connectivity index is 1.37. The Hall–Kier alpha value is -1.67. The predicted octanol–water partition coefficient (Wildman–Crippen LogP) is 4.87. The van der Waals surface area contributed by atoms with Gasteiger partial charge in [0.15, 0.2) is 5.65 Å². The first-order chi connectivity index (χ1) is 14.7. The van der Waals surface area contributed by atoms with Crippen molar-refractivity contribution in [3.63, 3.8) is 0 Å². The molecule has 6 nitrogen and oxygen atoms in total. The Kier molecular flexibility index (Phi) is 5.96. The number of rotatable bonds is 4. The summed E-state index contributed by atoms with van der Waals surface area (Å²) in [5, 5.41) is 8.95. The fourth-order valence-electron chi connectivity index (χ4n) is 4.51. The largest absolute Gasteiger partial charge is 0.381 e. The maximum absolute atomic E-state index is 6.45. The molecule has 0 spiro atoms. The van der Waals surface area contributed by atoms with Crippen molar-refractivity contribution in [1.29, 1.82) is 0 Å². The molecular formula is C22H25BrClN5O. The Morgan fingerprint density at radius 2 is 1.87 bits per heavy atom. The molecule has 30 heavy (non-hydrogen) atoms. The van der Waals surface area contributed by atoms with Crippen LogP contribution in [0.25, 0.3) is 16.9 Å². The summed E-state index contributed by atoms with van der Waals surface area (Å²) in [5.41, 5.74) is 2.55. The number of benzene rings is 1. The van der Waals surface area contributed by atoms with E-state index in [2.05, 4.69) is 37.3 Å². The summed E-state index contributed by atoms with van der Waals surface area (Å²) in [4.78, 5) is 7.44. The third kappa shape index (κ3) is 4.08. The summed E-state index contributed by atoms with van der Waals surface area (Å²) in [6.07, 6.45) is 6.34. The van der Waals surface area contributed by atoms with Crippen molar-refractivity contribution in [1.82, 2.24) is 19.5 Å². The first-order valence-corrected chi connectivity index (χ1v) is 11.7. The minimum absolute atomic E-state index is 0.411. The SMILES string of the molecule is Clc1ccccc1-c1cc(NC2CCN(C3CCOCC3)CC2)n2ncc(Br)c2n1. The van der Waals surface area contributed by atoms with Gasteiger partial charge in [0, 0.05) is 55.0 Å². The lowest BCUT2D eigenvalue weighted by Gasteiger charge is -2.39. The Morgan fingerprint density at radius 1 is 1.10 bits per heavy atom. The van der Waals surface area contributed by atoms with E-state index in [4.69, 9.17) is 21.3 Å². The summed E-state index contributed by atoms with van der Waals surface area (Å²) in [6.45, 7) is 4.04. The molecular weight excluding hydrogens is 466 g/mol. The minimum Gasteiger partial charge on any atom is -0.381 e. The topological polar surface area (TPSA) is 54.7 Å². The van der Waals surface area contributed by atoms with Crippen LogP contribution in [-0.4, -0.2) is 57.9 Å². The van der Waals surface area contributed by atoms with E-state index in [9.17, 15) is 0 Å². The number of ether oxygens (including phenoxy) is 1. The number of hydrogen-bond donors (Lipinski definition) is 1. The van der Waals surface area contributed by atoms with E-state index in [-0.39, 0.29) is 0 Å². The summed E-state index contributed by atoms with van der Waals surface area (Å²) >= 11 is 10.0. The van der Waals surface area contributed by atoms with Gasteiger partial charge in [-0.2, -0.15) is 9.61 Å². The average Bonchev–Trinajstić information content (AvgIpc) is 3.16. The lowest BCUT2D eigenvalue weighted by atomic mass is 9.99. The number of likely N-dealkylation sites (tertiary alicyclic amines) is 1.